The smallest absolute Gasteiger partial charge is 0.214 e. The number of carbonyl (C=O) groups is 1. The Bertz CT molecular complexity index is 878. The number of tetrazole rings is 1. The zero-order valence-corrected chi connectivity index (χ0v) is 15.4. The number of aromatic nitrogens is 4. The van der Waals surface area contributed by atoms with Gasteiger partial charge in [-0.2, -0.15) is 4.68 Å². The molecule has 0 spiro atoms. The van der Waals surface area contributed by atoms with Gasteiger partial charge in [0.05, 0.1) is 25.2 Å². The quantitative estimate of drug-likeness (QED) is 0.467. The Morgan fingerprint density at radius 3 is 2.15 bits per heavy atom. The van der Waals surface area contributed by atoms with Crippen LogP contribution in [0.25, 0.3) is 5.69 Å². The molecule has 0 aliphatic rings. The Hall–Kier alpha value is -2.87. The molecular weight excluding hydrogens is 352 g/mol. The molecule has 8 heteroatoms. The van der Waals surface area contributed by atoms with Crippen molar-refractivity contribution >= 4 is 17.5 Å². The highest BCUT2D eigenvalue weighted by Gasteiger charge is 2.20. The molecule has 134 valence electrons. The Balaban J connectivity index is 1.76. The van der Waals surface area contributed by atoms with E-state index in [1.54, 1.807) is 43.2 Å². The van der Waals surface area contributed by atoms with E-state index in [2.05, 4.69) is 15.5 Å². The summed E-state index contributed by atoms with van der Waals surface area (Å²) >= 11 is 1.31. The van der Waals surface area contributed by atoms with Gasteiger partial charge in [0, 0.05) is 5.56 Å². The van der Waals surface area contributed by atoms with E-state index >= 15 is 0 Å². The molecule has 0 unspecified atom stereocenters. The van der Waals surface area contributed by atoms with Crippen LogP contribution < -0.4 is 9.47 Å². The van der Waals surface area contributed by atoms with E-state index in [0.717, 1.165) is 11.4 Å². The Morgan fingerprint density at radius 2 is 1.58 bits per heavy atom. The second-order valence-electron chi connectivity index (χ2n) is 5.42. The van der Waals surface area contributed by atoms with Crippen LogP contribution in [0.3, 0.4) is 0 Å². The summed E-state index contributed by atoms with van der Waals surface area (Å²) in [4.78, 5) is 12.6. The molecular formula is C18H18N4O3S. The lowest BCUT2D eigenvalue weighted by Crippen LogP contribution is -2.14. The molecule has 0 bridgehead atoms. The number of Topliss-reactive ketones (excluding diaryl/α,β-unsaturated/α-hetero) is 1. The van der Waals surface area contributed by atoms with E-state index < -0.39 is 0 Å². The predicted octanol–water partition coefficient (Wildman–Crippen LogP) is 3.04. The lowest BCUT2D eigenvalue weighted by atomic mass is 10.1. The molecule has 0 radical (unpaired) electrons. The Morgan fingerprint density at radius 1 is 1.00 bits per heavy atom. The lowest BCUT2D eigenvalue weighted by Gasteiger charge is -2.11. The monoisotopic (exact) mass is 370 g/mol. The number of rotatable bonds is 7. The fourth-order valence-electron chi connectivity index (χ4n) is 2.34. The van der Waals surface area contributed by atoms with Crippen molar-refractivity contribution in [3.05, 3.63) is 54.1 Å². The molecule has 7 nitrogen and oxygen atoms in total. The third-order valence-corrected chi connectivity index (χ3v) is 4.82. The summed E-state index contributed by atoms with van der Waals surface area (Å²) in [6.45, 7) is 1.84. The number of ketones is 1. The molecule has 0 amide bonds. The number of carbonyl (C=O) groups excluding carboxylic acids is 1. The molecule has 3 aromatic rings. The van der Waals surface area contributed by atoms with Crippen LogP contribution in [-0.2, 0) is 0 Å². The Kier molecular flexibility index (Phi) is 5.52. The third kappa shape index (κ3) is 3.85. The van der Waals surface area contributed by atoms with Crippen molar-refractivity contribution in [1.82, 2.24) is 20.2 Å². The second kappa shape index (κ2) is 8.01. The number of benzene rings is 2. The van der Waals surface area contributed by atoms with Crippen LogP contribution in [0, 0.1) is 0 Å². The molecule has 1 atom stereocenters. The lowest BCUT2D eigenvalue weighted by molar-refractivity contribution is 0.0994. The predicted molar refractivity (Wildman–Crippen MR) is 98.3 cm³/mol. The average Bonchev–Trinajstić information content (AvgIpc) is 3.15. The molecule has 0 saturated carbocycles. The van der Waals surface area contributed by atoms with Crippen molar-refractivity contribution in [1.29, 1.82) is 0 Å². The van der Waals surface area contributed by atoms with Crippen molar-refractivity contribution < 1.29 is 14.3 Å². The molecule has 0 aliphatic carbocycles. The third-order valence-electron chi connectivity index (χ3n) is 3.78. The fraction of sp³-hybridized carbons (Fsp3) is 0.222. The largest absolute Gasteiger partial charge is 0.497 e. The van der Waals surface area contributed by atoms with Crippen LogP contribution in [0.4, 0.5) is 0 Å². The number of ether oxygens (including phenoxy) is 2. The molecule has 1 heterocycles. The van der Waals surface area contributed by atoms with E-state index in [0.29, 0.717) is 16.5 Å². The molecule has 3 rings (SSSR count). The first-order valence-electron chi connectivity index (χ1n) is 7.90. The summed E-state index contributed by atoms with van der Waals surface area (Å²) in [5.41, 5.74) is 1.41. The highest BCUT2D eigenvalue weighted by atomic mass is 32.2. The normalized spacial score (nSPS) is 11.8. The summed E-state index contributed by atoms with van der Waals surface area (Å²) in [5.74, 6) is 1.46. The maximum absolute atomic E-state index is 12.6. The van der Waals surface area contributed by atoms with Gasteiger partial charge in [0.2, 0.25) is 5.16 Å². The number of hydrogen-bond donors (Lipinski definition) is 0. The Labute approximate surface area is 155 Å². The molecule has 0 N–H and O–H groups in total. The first-order chi connectivity index (χ1) is 12.6. The topological polar surface area (TPSA) is 79.1 Å². The molecule has 1 aromatic heterocycles. The van der Waals surface area contributed by atoms with Crippen molar-refractivity contribution in [2.24, 2.45) is 0 Å². The van der Waals surface area contributed by atoms with E-state index in [1.807, 2.05) is 31.2 Å². The summed E-state index contributed by atoms with van der Waals surface area (Å²) in [7, 11) is 3.20. The van der Waals surface area contributed by atoms with Crippen molar-refractivity contribution in [3.63, 3.8) is 0 Å². The van der Waals surface area contributed by atoms with Crippen molar-refractivity contribution in [2.45, 2.75) is 17.3 Å². The van der Waals surface area contributed by atoms with E-state index in [1.165, 1.54) is 11.8 Å². The van der Waals surface area contributed by atoms with Gasteiger partial charge >= 0.3 is 0 Å². The minimum absolute atomic E-state index is 0.00179. The second-order valence-corrected chi connectivity index (χ2v) is 6.73. The molecule has 26 heavy (non-hydrogen) atoms. The summed E-state index contributed by atoms with van der Waals surface area (Å²) in [6.07, 6.45) is 0. The average molecular weight is 370 g/mol. The number of hydrogen-bond acceptors (Lipinski definition) is 7. The molecule has 0 aliphatic heterocycles. The highest BCUT2D eigenvalue weighted by Crippen LogP contribution is 2.26. The van der Waals surface area contributed by atoms with Crippen LogP contribution in [0.5, 0.6) is 11.5 Å². The maximum atomic E-state index is 12.6. The van der Waals surface area contributed by atoms with Gasteiger partial charge in [-0.15, -0.1) is 5.10 Å². The van der Waals surface area contributed by atoms with Crippen LogP contribution in [0.2, 0.25) is 0 Å². The highest BCUT2D eigenvalue weighted by molar-refractivity contribution is 8.00. The van der Waals surface area contributed by atoms with Crippen LogP contribution in [-0.4, -0.2) is 45.5 Å². The first kappa shape index (κ1) is 17.9. The van der Waals surface area contributed by atoms with E-state index in [9.17, 15) is 4.79 Å². The van der Waals surface area contributed by atoms with Gasteiger partial charge < -0.3 is 9.47 Å². The van der Waals surface area contributed by atoms with Crippen molar-refractivity contribution in [3.8, 4) is 17.2 Å². The van der Waals surface area contributed by atoms with E-state index in [-0.39, 0.29) is 11.0 Å². The van der Waals surface area contributed by atoms with Crippen molar-refractivity contribution in [2.75, 3.05) is 14.2 Å². The number of nitrogens with zero attached hydrogens (tertiary/aromatic N) is 4. The fourth-order valence-corrected chi connectivity index (χ4v) is 3.22. The summed E-state index contributed by atoms with van der Waals surface area (Å²) < 4.78 is 11.9. The van der Waals surface area contributed by atoms with Crippen LogP contribution >= 0.6 is 11.8 Å². The maximum Gasteiger partial charge on any atom is 0.214 e. The molecule has 0 saturated heterocycles. The van der Waals surface area contributed by atoms with Gasteiger partial charge in [-0.05, 0) is 65.9 Å². The van der Waals surface area contributed by atoms with Crippen LogP contribution in [0.1, 0.15) is 17.3 Å². The molecule has 2 aromatic carbocycles. The van der Waals surface area contributed by atoms with Gasteiger partial charge in [0.25, 0.3) is 0 Å². The minimum atomic E-state index is -0.341. The zero-order valence-electron chi connectivity index (χ0n) is 14.6. The zero-order chi connectivity index (χ0) is 18.5. The SMILES string of the molecule is COc1ccc(C(=O)[C@H](C)Sc2nnnn2-c2ccc(OC)cc2)cc1. The van der Waals surface area contributed by atoms with E-state index in [4.69, 9.17) is 9.47 Å². The summed E-state index contributed by atoms with van der Waals surface area (Å²) in [6, 6.07) is 14.4. The number of methoxy groups -OCH3 is 2. The summed E-state index contributed by atoms with van der Waals surface area (Å²) in [5, 5.41) is 12.0. The molecule has 0 fully saturated rings. The first-order valence-corrected chi connectivity index (χ1v) is 8.78. The minimum Gasteiger partial charge on any atom is -0.497 e. The number of thioether (sulfide) groups is 1. The van der Waals surface area contributed by atoms with Crippen LogP contribution in [0.15, 0.2) is 53.7 Å². The standard InChI is InChI=1S/C18H18N4O3S/c1-12(17(23)13-4-8-15(24-2)9-5-13)26-18-19-20-21-22(18)14-6-10-16(25-3)11-7-14/h4-12H,1-3H3/t12-/m0/s1. The van der Waals surface area contributed by atoms with Gasteiger partial charge in [-0.1, -0.05) is 11.8 Å². The van der Waals surface area contributed by atoms with Gasteiger partial charge in [0.1, 0.15) is 11.5 Å². The van der Waals surface area contributed by atoms with Gasteiger partial charge in [-0.25, -0.2) is 0 Å². The van der Waals surface area contributed by atoms with Gasteiger partial charge in [-0.3, -0.25) is 4.79 Å². The van der Waals surface area contributed by atoms with Gasteiger partial charge in [0.15, 0.2) is 5.78 Å².